The van der Waals surface area contributed by atoms with Crippen molar-refractivity contribution in [1.82, 2.24) is 10.2 Å². The van der Waals surface area contributed by atoms with E-state index in [1.807, 2.05) is 4.90 Å². The number of hydrogen-bond acceptors (Lipinski definition) is 2. The van der Waals surface area contributed by atoms with Crippen LogP contribution in [-0.4, -0.2) is 35.8 Å². The van der Waals surface area contributed by atoms with Crippen molar-refractivity contribution in [2.24, 2.45) is 5.92 Å². The second-order valence-electron chi connectivity index (χ2n) is 5.31. The van der Waals surface area contributed by atoms with E-state index in [1.54, 1.807) is 0 Å². The first-order valence-electron chi connectivity index (χ1n) is 6.72. The van der Waals surface area contributed by atoms with Gasteiger partial charge in [0.25, 0.3) is 0 Å². The number of carbonyl (C=O) groups excluding carboxylic acids is 2. The number of nitrogens with zero attached hydrogens (tertiary/aromatic N) is 1. The summed E-state index contributed by atoms with van der Waals surface area (Å²) >= 11 is 0. The van der Waals surface area contributed by atoms with Crippen LogP contribution < -0.4 is 5.32 Å². The van der Waals surface area contributed by atoms with Crippen molar-refractivity contribution in [3.05, 3.63) is 0 Å². The van der Waals surface area contributed by atoms with Crippen molar-refractivity contribution in [1.29, 1.82) is 0 Å². The van der Waals surface area contributed by atoms with Crippen molar-refractivity contribution in [2.75, 3.05) is 13.1 Å². The van der Waals surface area contributed by atoms with Gasteiger partial charge in [0.2, 0.25) is 11.8 Å². The fraction of sp³-hybridized carbons (Fsp3) is 0.846. The van der Waals surface area contributed by atoms with E-state index >= 15 is 0 Å². The van der Waals surface area contributed by atoms with Crippen LogP contribution in [0.15, 0.2) is 0 Å². The zero-order valence-corrected chi connectivity index (χ0v) is 10.6. The zero-order chi connectivity index (χ0) is 12.3. The van der Waals surface area contributed by atoms with Crippen LogP contribution in [-0.2, 0) is 9.59 Å². The van der Waals surface area contributed by atoms with Crippen molar-refractivity contribution in [2.45, 2.75) is 51.5 Å². The number of amides is 2. The third kappa shape index (κ3) is 3.20. The molecule has 17 heavy (non-hydrogen) atoms. The van der Waals surface area contributed by atoms with Gasteiger partial charge in [0.05, 0.1) is 0 Å². The van der Waals surface area contributed by atoms with Crippen molar-refractivity contribution in [3.8, 4) is 0 Å². The lowest BCUT2D eigenvalue weighted by Gasteiger charge is -2.26. The Morgan fingerprint density at radius 3 is 2.47 bits per heavy atom. The van der Waals surface area contributed by atoms with Crippen molar-refractivity contribution in [3.63, 3.8) is 0 Å². The number of nitrogens with one attached hydrogen (secondary N) is 1. The highest BCUT2D eigenvalue weighted by atomic mass is 16.2. The van der Waals surface area contributed by atoms with Crippen LogP contribution in [0.5, 0.6) is 0 Å². The Labute approximate surface area is 103 Å². The third-order valence-corrected chi connectivity index (χ3v) is 3.86. The normalized spacial score (nSPS) is 25.9. The highest BCUT2D eigenvalue weighted by molar-refractivity contribution is 5.79. The van der Waals surface area contributed by atoms with Crippen LogP contribution in [0.1, 0.15) is 45.4 Å². The van der Waals surface area contributed by atoms with Gasteiger partial charge in [0.15, 0.2) is 0 Å². The molecule has 0 aromatic rings. The maximum atomic E-state index is 12.2. The SMILES string of the molecule is CC(=O)NC1CCN(C(=O)C2CCCCC2)C1. The van der Waals surface area contributed by atoms with E-state index in [2.05, 4.69) is 5.32 Å². The first-order valence-corrected chi connectivity index (χ1v) is 6.72. The van der Waals surface area contributed by atoms with Gasteiger partial charge < -0.3 is 10.2 Å². The molecule has 0 aromatic carbocycles. The van der Waals surface area contributed by atoms with Gasteiger partial charge in [-0.3, -0.25) is 9.59 Å². The van der Waals surface area contributed by atoms with Gasteiger partial charge in [-0.15, -0.1) is 0 Å². The minimum absolute atomic E-state index is 0.00182. The largest absolute Gasteiger partial charge is 0.352 e. The van der Waals surface area contributed by atoms with E-state index in [9.17, 15) is 9.59 Å². The molecule has 2 rings (SSSR count). The van der Waals surface area contributed by atoms with Crippen molar-refractivity contribution < 1.29 is 9.59 Å². The molecule has 2 amide bonds. The quantitative estimate of drug-likeness (QED) is 0.788. The molecule has 0 spiro atoms. The van der Waals surface area contributed by atoms with Crippen molar-refractivity contribution >= 4 is 11.8 Å². The van der Waals surface area contributed by atoms with E-state index in [0.717, 1.165) is 25.8 Å². The Morgan fingerprint density at radius 2 is 1.82 bits per heavy atom. The second kappa shape index (κ2) is 5.52. The first-order chi connectivity index (χ1) is 8.16. The summed E-state index contributed by atoms with van der Waals surface area (Å²) in [7, 11) is 0. The molecule has 1 atom stereocenters. The molecule has 2 fully saturated rings. The molecular weight excluding hydrogens is 216 g/mol. The van der Waals surface area contributed by atoms with E-state index in [1.165, 1.54) is 26.2 Å². The number of rotatable bonds is 2. The lowest BCUT2D eigenvalue weighted by atomic mass is 9.88. The zero-order valence-electron chi connectivity index (χ0n) is 10.6. The second-order valence-corrected chi connectivity index (χ2v) is 5.31. The highest BCUT2D eigenvalue weighted by Crippen LogP contribution is 2.26. The lowest BCUT2D eigenvalue weighted by Crippen LogP contribution is -2.39. The fourth-order valence-electron chi connectivity index (χ4n) is 2.97. The van der Waals surface area contributed by atoms with Gasteiger partial charge in [-0.1, -0.05) is 19.3 Å². The van der Waals surface area contributed by atoms with Gasteiger partial charge in [0, 0.05) is 32.0 Å². The predicted molar refractivity (Wildman–Crippen MR) is 65.4 cm³/mol. The third-order valence-electron chi connectivity index (χ3n) is 3.86. The Balaban J connectivity index is 1.82. The molecule has 1 unspecified atom stereocenters. The summed E-state index contributed by atoms with van der Waals surface area (Å²) in [6.45, 7) is 3.04. The summed E-state index contributed by atoms with van der Waals surface area (Å²) in [5.74, 6) is 0.569. The summed E-state index contributed by atoms with van der Waals surface area (Å²) in [5.41, 5.74) is 0. The van der Waals surface area contributed by atoms with Gasteiger partial charge in [-0.25, -0.2) is 0 Å². The molecule has 1 aliphatic carbocycles. The number of likely N-dealkylation sites (tertiary alicyclic amines) is 1. The lowest BCUT2D eigenvalue weighted by molar-refractivity contribution is -0.135. The highest BCUT2D eigenvalue weighted by Gasteiger charge is 2.31. The molecule has 2 aliphatic rings. The van der Waals surface area contributed by atoms with E-state index < -0.39 is 0 Å². The molecule has 0 aromatic heterocycles. The fourth-order valence-corrected chi connectivity index (χ4v) is 2.97. The summed E-state index contributed by atoms with van der Waals surface area (Å²) in [6, 6.07) is 0.167. The molecule has 96 valence electrons. The first kappa shape index (κ1) is 12.4. The molecule has 0 bridgehead atoms. The van der Waals surface area contributed by atoms with Gasteiger partial charge >= 0.3 is 0 Å². The Bertz CT molecular complexity index is 298. The van der Waals surface area contributed by atoms with Crippen LogP contribution in [0, 0.1) is 5.92 Å². The minimum atomic E-state index is 0.00182. The van der Waals surface area contributed by atoms with E-state index in [-0.39, 0.29) is 17.9 Å². The van der Waals surface area contributed by atoms with Crippen LogP contribution in [0.3, 0.4) is 0 Å². The molecule has 4 heteroatoms. The molecule has 1 saturated carbocycles. The van der Waals surface area contributed by atoms with Gasteiger partial charge in [-0.2, -0.15) is 0 Å². The molecule has 4 nitrogen and oxygen atoms in total. The molecule has 1 N–H and O–H groups in total. The van der Waals surface area contributed by atoms with E-state index in [0.29, 0.717) is 12.5 Å². The standard InChI is InChI=1S/C13H22N2O2/c1-10(16)14-12-7-8-15(9-12)13(17)11-5-3-2-4-6-11/h11-12H,2-9H2,1H3,(H,14,16). The average molecular weight is 238 g/mol. The van der Waals surface area contributed by atoms with Crippen LogP contribution in [0.2, 0.25) is 0 Å². The molecular formula is C13H22N2O2. The summed E-state index contributed by atoms with van der Waals surface area (Å²) in [5, 5.41) is 2.90. The molecule has 1 saturated heterocycles. The maximum absolute atomic E-state index is 12.2. The molecule has 1 aliphatic heterocycles. The molecule has 0 radical (unpaired) electrons. The van der Waals surface area contributed by atoms with Gasteiger partial charge in [-0.05, 0) is 19.3 Å². The molecule has 1 heterocycles. The van der Waals surface area contributed by atoms with Crippen LogP contribution in [0.25, 0.3) is 0 Å². The Hall–Kier alpha value is -1.06. The van der Waals surface area contributed by atoms with Crippen LogP contribution >= 0.6 is 0 Å². The van der Waals surface area contributed by atoms with Crippen LogP contribution in [0.4, 0.5) is 0 Å². The Kier molecular flexibility index (Phi) is 4.02. The van der Waals surface area contributed by atoms with Gasteiger partial charge in [0.1, 0.15) is 0 Å². The number of hydrogen-bond donors (Lipinski definition) is 1. The summed E-state index contributed by atoms with van der Waals surface area (Å²) in [4.78, 5) is 25.1. The number of carbonyl (C=O) groups is 2. The maximum Gasteiger partial charge on any atom is 0.225 e. The summed E-state index contributed by atoms with van der Waals surface area (Å²) in [6.07, 6.45) is 6.68. The minimum Gasteiger partial charge on any atom is -0.352 e. The summed E-state index contributed by atoms with van der Waals surface area (Å²) < 4.78 is 0. The topological polar surface area (TPSA) is 49.4 Å². The monoisotopic (exact) mass is 238 g/mol. The van der Waals surface area contributed by atoms with E-state index in [4.69, 9.17) is 0 Å². The average Bonchev–Trinajstić information content (AvgIpc) is 2.77. The Morgan fingerprint density at radius 1 is 1.12 bits per heavy atom. The predicted octanol–water partition coefficient (Wildman–Crippen LogP) is 1.30. The smallest absolute Gasteiger partial charge is 0.225 e.